The van der Waals surface area contributed by atoms with Crippen molar-refractivity contribution in [3.63, 3.8) is 0 Å². The van der Waals surface area contributed by atoms with Gasteiger partial charge in [-0.25, -0.2) is 0 Å². The number of nitrogens with one attached hydrogen (secondary N) is 1. The summed E-state index contributed by atoms with van der Waals surface area (Å²) in [5.74, 6) is 0.871. The molecular weight excluding hydrogens is 233 g/mol. The van der Waals surface area contributed by atoms with Gasteiger partial charge in [-0.15, -0.1) is 0 Å². The molecule has 0 unspecified atom stereocenters. The summed E-state index contributed by atoms with van der Waals surface area (Å²) in [6, 6.07) is 5.49. The van der Waals surface area contributed by atoms with Crippen molar-refractivity contribution in [1.82, 2.24) is 5.32 Å². The standard InChI is InChI=1S/C11H11Cl2NO/c1-2-14-6-9-4-7-3-8(12)5-10(13)11(7)15-9/h3-5,14H,2,6H2,1H3. The van der Waals surface area contributed by atoms with E-state index in [0.717, 1.165) is 17.7 Å². The number of benzene rings is 1. The van der Waals surface area contributed by atoms with Gasteiger partial charge in [-0.05, 0) is 24.7 Å². The van der Waals surface area contributed by atoms with E-state index in [-0.39, 0.29) is 0 Å². The van der Waals surface area contributed by atoms with E-state index in [1.807, 2.05) is 19.1 Å². The van der Waals surface area contributed by atoms with Crippen molar-refractivity contribution < 1.29 is 4.42 Å². The molecule has 2 aromatic rings. The van der Waals surface area contributed by atoms with E-state index in [4.69, 9.17) is 27.6 Å². The van der Waals surface area contributed by atoms with E-state index >= 15 is 0 Å². The third kappa shape index (κ3) is 2.28. The normalized spacial score (nSPS) is 11.1. The second kappa shape index (κ2) is 4.44. The molecule has 0 aliphatic heterocycles. The smallest absolute Gasteiger partial charge is 0.153 e. The average molecular weight is 244 g/mol. The molecule has 1 aromatic heterocycles. The van der Waals surface area contributed by atoms with Gasteiger partial charge < -0.3 is 9.73 Å². The summed E-state index contributed by atoms with van der Waals surface area (Å²) in [5, 5.41) is 5.32. The maximum atomic E-state index is 6.01. The zero-order valence-corrected chi connectivity index (χ0v) is 9.82. The van der Waals surface area contributed by atoms with Crippen LogP contribution in [0.4, 0.5) is 0 Å². The Morgan fingerprint density at radius 1 is 1.27 bits per heavy atom. The topological polar surface area (TPSA) is 25.2 Å². The van der Waals surface area contributed by atoms with Crippen molar-refractivity contribution in [3.8, 4) is 0 Å². The molecule has 1 aromatic carbocycles. The highest BCUT2D eigenvalue weighted by Gasteiger charge is 2.08. The molecule has 0 bridgehead atoms. The Balaban J connectivity index is 2.41. The number of furan rings is 1. The third-order valence-corrected chi connectivity index (χ3v) is 2.63. The van der Waals surface area contributed by atoms with Gasteiger partial charge >= 0.3 is 0 Å². The van der Waals surface area contributed by atoms with Crippen LogP contribution in [0.2, 0.25) is 10.0 Å². The molecule has 0 amide bonds. The van der Waals surface area contributed by atoms with Crippen molar-refractivity contribution >= 4 is 34.2 Å². The monoisotopic (exact) mass is 243 g/mol. The minimum atomic E-state index is 0.556. The van der Waals surface area contributed by atoms with Gasteiger partial charge in [0.1, 0.15) is 5.76 Å². The van der Waals surface area contributed by atoms with Crippen molar-refractivity contribution in [1.29, 1.82) is 0 Å². The maximum absolute atomic E-state index is 6.01. The summed E-state index contributed by atoms with van der Waals surface area (Å²) < 4.78 is 5.60. The van der Waals surface area contributed by atoms with E-state index in [2.05, 4.69) is 5.32 Å². The molecule has 2 rings (SSSR count). The summed E-state index contributed by atoms with van der Waals surface area (Å²) >= 11 is 11.9. The first-order valence-electron chi connectivity index (χ1n) is 4.79. The first kappa shape index (κ1) is 10.8. The fourth-order valence-electron chi connectivity index (χ4n) is 1.46. The van der Waals surface area contributed by atoms with Crippen molar-refractivity contribution in [2.24, 2.45) is 0 Å². The molecule has 0 atom stereocenters. The van der Waals surface area contributed by atoms with Gasteiger partial charge in [0.25, 0.3) is 0 Å². The molecule has 1 heterocycles. The van der Waals surface area contributed by atoms with Gasteiger partial charge in [-0.1, -0.05) is 30.1 Å². The fourth-order valence-corrected chi connectivity index (χ4v) is 2.01. The first-order valence-corrected chi connectivity index (χ1v) is 5.54. The predicted molar refractivity (Wildman–Crippen MR) is 63.6 cm³/mol. The van der Waals surface area contributed by atoms with Crippen LogP contribution in [0.1, 0.15) is 12.7 Å². The minimum absolute atomic E-state index is 0.556. The van der Waals surface area contributed by atoms with Gasteiger partial charge in [0.05, 0.1) is 11.6 Å². The van der Waals surface area contributed by atoms with Crippen LogP contribution in [0, 0.1) is 0 Å². The molecule has 15 heavy (non-hydrogen) atoms. The number of hydrogen-bond donors (Lipinski definition) is 1. The number of fused-ring (bicyclic) bond motifs is 1. The SMILES string of the molecule is CCNCc1cc2cc(Cl)cc(Cl)c2o1. The second-order valence-corrected chi connectivity index (χ2v) is 4.14. The molecule has 0 saturated carbocycles. The van der Waals surface area contributed by atoms with Gasteiger partial charge in [0.2, 0.25) is 0 Å². The van der Waals surface area contributed by atoms with Crippen molar-refractivity contribution in [2.75, 3.05) is 6.54 Å². The lowest BCUT2D eigenvalue weighted by Crippen LogP contribution is -2.10. The summed E-state index contributed by atoms with van der Waals surface area (Å²) in [6.07, 6.45) is 0. The lowest BCUT2D eigenvalue weighted by Gasteiger charge is -1.95. The minimum Gasteiger partial charge on any atom is -0.458 e. The molecule has 0 saturated heterocycles. The molecule has 80 valence electrons. The van der Waals surface area contributed by atoms with E-state index in [1.165, 1.54) is 0 Å². The first-order chi connectivity index (χ1) is 7.20. The quantitative estimate of drug-likeness (QED) is 0.887. The van der Waals surface area contributed by atoms with E-state index in [1.54, 1.807) is 6.07 Å². The van der Waals surface area contributed by atoms with Gasteiger partial charge in [-0.3, -0.25) is 0 Å². The Kier molecular flexibility index (Phi) is 3.19. The summed E-state index contributed by atoms with van der Waals surface area (Å²) in [7, 11) is 0. The van der Waals surface area contributed by atoms with Gasteiger partial charge in [-0.2, -0.15) is 0 Å². The molecular formula is C11H11Cl2NO. The zero-order chi connectivity index (χ0) is 10.8. The van der Waals surface area contributed by atoms with Crippen LogP contribution in [-0.2, 0) is 6.54 Å². The number of rotatable bonds is 3. The maximum Gasteiger partial charge on any atom is 0.153 e. The highest BCUT2D eigenvalue weighted by Crippen LogP contribution is 2.30. The lowest BCUT2D eigenvalue weighted by molar-refractivity contribution is 0.520. The van der Waals surface area contributed by atoms with Crippen LogP contribution in [0.3, 0.4) is 0 Å². The molecule has 0 radical (unpaired) electrons. The van der Waals surface area contributed by atoms with Crippen LogP contribution in [-0.4, -0.2) is 6.54 Å². The average Bonchev–Trinajstić information content (AvgIpc) is 2.57. The van der Waals surface area contributed by atoms with Gasteiger partial charge in [0, 0.05) is 10.4 Å². The van der Waals surface area contributed by atoms with E-state index < -0.39 is 0 Å². The highest BCUT2D eigenvalue weighted by atomic mass is 35.5. The Hall–Kier alpha value is -0.700. The molecule has 0 aliphatic rings. The number of halogens is 2. The number of hydrogen-bond acceptors (Lipinski definition) is 2. The Morgan fingerprint density at radius 2 is 2.07 bits per heavy atom. The molecule has 1 N–H and O–H groups in total. The molecule has 2 nitrogen and oxygen atoms in total. The van der Waals surface area contributed by atoms with E-state index in [9.17, 15) is 0 Å². The highest BCUT2D eigenvalue weighted by molar-refractivity contribution is 6.38. The van der Waals surface area contributed by atoms with Crippen LogP contribution in [0.15, 0.2) is 22.6 Å². The Bertz CT molecular complexity index is 479. The van der Waals surface area contributed by atoms with Crippen molar-refractivity contribution in [2.45, 2.75) is 13.5 Å². The van der Waals surface area contributed by atoms with Crippen LogP contribution >= 0.6 is 23.2 Å². The third-order valence-electron chi connectivity index (χ3n) is 2.14. The van der Waals surface area contributed by atoms with Crippen LogP contribution < -0.4 is 5.32 Å². The molecule has 0 aliphatic carbocycles. The second-order valence-electron chi connectivity index (χ2n) is 3.30. The van der Waals surface area contributed by atoms with E-state index in [0.29, 0.717) is 22.2 Å². The summed E-state index contributed by atoms with van der Waals surface area (Å²) in [4.78, 5) is 0. The molecule has 0 spiro atoms. The summed E-state index contributed by atoms with van der Waals surface area (Å²) in [6.45, 7) is 3.66. The Labute approximate surface area is 98.2 Å². The molecule has 0 fully saturated rings. The largest absolute Gasteiger partial charge is 0.458 e. The predicted octanol–water partition coefficient (Wildman–Crippen LogP) is 3.85. The summed E-state index contributed by atoms with van der Waals surface area (Å²) in [5.41, 5.74) is 0.703. The lowest BCUT2D eigenvalue weighted by atomic mass is 10.2. The van der Waals surface area contributed by atoms with Crippen LogP contribution in [0.25, 0.3) is 11.0 Å². The fraction of sp³-hybridized carbons (Fsp3) is 0.273. The molecule has 4 heteroatoms. The van der Waals surface area contributed by atoms with Crippen LogP contribution in [0.5, 0.6) is 0 Å². The zero-order valence-electron chi connectivity index (χ0n) is 8.31. The Morgan fingerprint density at radius 3 is 2.80 bits per heavy atom. The van der Waals surface area contributed by atoms with Crippen molar-refractivity contribution in [3.05, 3.63) is 34.0 Å². The van der Waals surface area contributed by atoms with Gasteiger partial charge in [0.15, 0.2) is 5.58 Å².